The lowest BCUT2D eigenvalue weighted by atomic mass is 10.3. The van der Waals surface area contributed by atoms with Crippen LogP contribution in [0, 0.1) is 0 Å². The van der Waals surface area contributed by atoms with Gasteiger partial charge in [0.25, 0.3) is 0 Å². The number of hydrogen-bond donors (Lipinski definition) is 1. The fourth-order valence-corrected chi connectivity index (χ4v) is 2.55. The molecule has 0 atom stereocenters. The number of nitrogens with one attached hydrogen (secondary N) is 1. The molecule has 15 heavy (non-hydrogen) atoms. The lowest BCUT2D eigenvalue weighted by Gasteiger charge is -2.02. The highest BCUT2D eigenvalue weighted by atomic mass is 32.2. The van der Waals surface area contributed by atoms with Crippen LogP contribution in [-0.2, 0) is 4.74 Å². The molecule has 1 heterocycles. The van der Waals surface area contributed by atoms with Gasteiger partial charge in [-0.2, -0.15) is 4.37 Å². The third-order valence-corrected chi connectivity index (χ3v) is 3.68. The molecule has 0 fully saturated rings. The summed E-state index contributed by atoms with van der Waals surface area (Å²) in [5, 5.41) is 3.32. The maximum absolute atomic E-state index is 4.94. The summed E-state index contributed by atoms with van der Waals surface area (Å²) in [5.41, 5.74) is 0. The molecule has 0 saturated heterocycles. The van der Waals surface area contributed by atoms with Crippen LogP contribution in [-0.4, -0.2) is 41.9 Å². The molecule has 0 aromatic carbocycles. The maximum atomic E-state index is 4.94. The molecule has 0 saturated carbocycles. The Labute approximate surface area is 99.0 Å². The van der Waals surface area contributed by atoms with Crippen LogP contribution in [0.3, 0.4) is 0 Å². The van der Waals surface area contributed by atoms with Crippen molar-refractivity contribution >= 4 is 23.3 Å². The fourth-order valence-electron chi connectivity index (χ4n) is 1.04. The van der Waals surface area contributed by atoms with E-state index in [1.807, 2.05) is 0 Å². The maximum Gasteiger partial charge on any atom is 0.169 e. The van der Waals surface area contributed by atoms with Gasteiger partial charge in [-0.05, 0) is 30.9 Å². The summed E-state index contributed by atoms with van der Waals surface area (Å²) < 4.78 is 9.96. The van der Waals surface area contributed by atoms with E-state index in [0.29, 0.717) is 0 Å². The van der Waals surface area contributed by atoms with Crippen LogP contribution in [0.5, 0.6) is 0 Å². The molecular formula is C9H17N3OS2. The van der Waals surface area contributed by atoms with Crippen molar-refractivity contribution in [3.8, 4) is 0 Å². The largest absolute Gasteiger partial charge is 0.383 e. The van der Waals surface area contributed by atoms with E-state index >= 15 is 0 Å². The second kappa shape index (κ2) is 9.08. The number of methoxy groups -OCH3 is 1. The highest BCUT2D eigenvalue weighted by molar-refractivity contribution is 8.00. The normalized spacial score (nSPS) is 10.7. The zero-order valence-electron chi connectivity index (χ0n) is 8.94. The van der Waals surface area contributed by atoms with E-state index in [2.05, 4.69) is 14.7 Å². The molecule has 86 valence electrons. The Morgan fingerprint density at radius 3 is 3.13 bits per heavy atom. The molecule has 0 unspecified atom stereocenters. The second-order valence-corrected chi connectivity index (χ2v) is 5.13. The van der Waals surface area contributed by atoms with Gasteiger partial charge in [0.05, 0.1) is 6.61 Å². The summed E-state index contributed by atoms with van der Waals surface area (Å²) in [6.07, 6.45) is 4.03. The van der Waals surface area contributed by atoms with Gasteiger partial charge in [0.1, 0.15) is 6.33 Å². The van der Waals surface area contributed by atoms with E-state index in [1.165, 1.54) is 24.4 Å². The average Bonchev–Trinajstić information content (AvgIpc) is 2.75. The molecule has 0 spiro atoms. The number of ether oxygens (including phenoxy) is 1. The van der Waals surface area contributed by atoms with Crippen molar-refractivity contribution in [1.29, 1.82) is 0 Å². The van der Waals surface area contributed by atoms with Crippen LogP contribution in [0.25, 0.3) is 0 Å². The van der Waals surface area contributed by atoms with Crippen molar-refractivity contribution in [1.82, 2.24) is 14.7 Å². The molecule has 0 amide bonds. The average molecular weight is 247 g/mol. The first-order valence-corrected chi connectivity index (χ1v) is 6.78. The molecule has 0 radical (unpaired) electrons. The van der Waals surface area contributed by atoms with Gasteiger partial charge < -0.3 is 10.1 Å². The second-order valence-electron chi connectivity index (χ2n) is 3.01. The number of aromatic nitrogens is 2. The summed E-state index contributed by atoms with van der Waals surface area (Å²) in [6, 6.07) is 0. The Bertz CT molecular complexity index is 231. The smallest absolute Gasteiger partial charge is 0.169 e. The molecule has 1 N–H and O–H groups in total. The third-order valence-electron chi connectivity index (χ3n) is 1.80. The van der Waals surface area contributed by atoms with Crippen molar-refractivity contribution in [2.75, 3.05) is 32.6 Å². The topological polar surface area (TPSA) is 47.0 Å². The number of unbranched alkanes of at least 4 members (excludes halogenated alkanes) is 1. The van der Waals surface area contributed by atoms with Crippen LogP contribution >= 0.6 is 23.3 Å². The first kappa shape index (κ1) is 12.9. The Kier molecular flexibility index (Phi) is 7.81. The van der Waals surface area contributed by atoms with E-state index in [4.69, 9.17) is 4.74 Å². The van der Waals surface area contributed by atoms with Crippen LogP contribution in [0.2, 0.25) is 0 Å². The standard InChI is InChI=1S/C9H17N3OS2/c1-13-6-5-10-4-2-3-7-14-9-11-8-12-15-9/h8,10H,2-7H2,1H3. The van der Waals surface area contributed by atoms with Crippen molar-refractivity contribution in [2.45, 2.75) is 17.2 Å². The van der Waals surface area contributed by atoms with Crippen LogP contribution in [0.15, 0.2) is 10.7 Å². The van der Waals surface area contributed by atoms with Gasteiger partial charge in [0, 0.05) is 19.4 Å². The number of nitrogens with zero attached hydrogens (tertiary/aromatic N) is 2. The SMILES string of the molecule is COCCNCCCCSc1ncns1. The van der Waals surface area contributed by atoms with Gasteiger partial charge in [-0.3, -0.25) is 0 Å². The fraction of sp³-hybridized carbons (Fsp3) is 0.778. The highest BCUT2D eigenvalue weighted by Crippen LogP contribution is 2.19. The molecule has 0 aliphatic rings. The van der Waals surface area contributed by atoms with Crippen molar-refractivity contribution < 1.29 is 4.74 Å². The van der Waals surface area contributed by atoms with Gasteiger partial charge in [-0.25, -0.2) is 4.98 Å². The lowest BCUT2D eigenvalue weighted by Crippen LogP contribution is -2.20. The molecule has 6 heteroatoms. The predicted octanol–water partition coefficient (Wildman–Crippen LogP) is 1.65. The molecular weight excluding hydrogens is 230 g/mol. The van der Waals surface area contributed by atoms with E-state index in [-0.39, 0.29) is 0 Å². The van der Waals surface area contributed by atoms with Crippen LogP contribution in [0.4, 0.5) is 0 Å². The molecule has 1 rings (SSSR count). The van der Waals surface area contributed by atoms with Crippen molar-refractivity contribution in [2.24, 2.45) is 0 Å². The zero-order valence-corrected chi connectivity index (χ0v) is 10.6. The minimum atomic E-state index is 0.791. The number of hydrogen-bond acceptors (Lipinski definition) is 6. The first-order chi connectivity index (χ1) is 7.43. The molecule has 0 bridgehead atoms. The Hall–Kier alpha value is -0.170. The van der Waals surface area contributed by atoms with Gasteiger partial charge >= 0.3 is 0 Å². The van der Waals surface area contributed by atoms with Gasteiger partial charge in [0.2, 0.25) is 0 Å². The van der Waals surface area contributed by atoms with Crippen LogP contribution in [0.1, 0.15) is 12.8 Å². The lowest BCUT2D eigenvalue weighted by molar-refractivity contribution is 0.199. The Morgan fingerprint density at radius 1 is 1.47 bits per heavy atom. The molecule has 0 aliphatic carbocycles. The van der Waals surface area contributed by atoms with Gasteiger partial charge in [-0.15, -0.1) is 0 Å². The molecule has 1 aromatic heterocycles. The molecule has 1 aromatic rings. The third kappa shape index (κ3) is 6.83. The number of rotatable bonds is 9. The van der Waals surface area contributed by atoms with E-state index in [9.17, 15) is 0 Å². The number of thioether (sulfide) groups is 1. The van der Waals surface area contributed by atoms with E-state index in [1.54, 1.807) is 25.2 Å². The zero-order chi connectivity index (χ0) is 10.8. The van der Waals surface area contributed by atoms with Crippen molar-refractivity contribution in [3.05, 3.63) is 6.33 Å². The first-order valence-electron chi connectivity index (χ1n) is 5.02. The Balaban J connectivity index is 1.81. The summed E-state index contributed by atoms with van der Waals surface area (Å²) in [5.74, 6) is 1.13. The van der Waals surface area contributed by atoms with E-state index < -0.39 is 0 Å². The van der Waals surface area contributed by atoms with Gasteiger partial charge in [0.15, 0.2) is 4.34 Å². The quantitative estimate of drug-likeness (QED) is 0.531. The van der Waals surface area contributed by atoms with E-state index in [0.717, 1.165) is 29.8 Å². The summed E-state index contributed by atoms with van der Waals surface area (Å²) in [4.78, 5) is 4.11. The van der Waals surface area contributed by atoms with Crippen molar-refractivity contribution in [3.63, 3.8) is 0 Å². The Morgan fingerprint density at radius 2 is 2.40 bits per heavy atom. The van der Waals surface area contributed by atoms with Gasteiger partial charge in [-0.1, -0.05) is 11.8 Å². The summed E-state index contributed by atoms with van der Waals surface area (Å²) in [6.45, 7) is 2.81. The predicted molar refractivity (Wildman–Crippen MR) is 64.6 cm³/mol. The summed E-state index contributed by atoms with van der Waals surface area (Å²) >= 11 is 3.26. The molecule has 4 nitrogen and oxygen atoms in total. The highest BCUT2D eigenvalue weighted by Gasteiger charge is 1.96. The minimum Gasteiger partial charge on any atom is -0.383 e. The van der Waals surface area contributed by atoms with Crippen LogP contribution < -0.4 is 5.32 Å². The monoisotopic (exact) mass is 247 g/mol. The molecule has 0 aliphatic heterocycles. The summed E-state index contributed by atoms with van der Waals surface area (Å²) in [7, 11) is 1.72. The minimum absolute atomic E-state index is 0.791.